The average Bonchev–Trinajstić information content (AvgIpc) is 2.87. The number of ether oxygens (including phenoxy) is 1. The number of carbonyl (C=O) groups is 1. The van der Waals surface area contributed by atoms with Crippen LogP contribution in [0.5, 0.6) is 5.75 Å². The summed E-state index contributed by atoms with van der Waals surface area (Å²) in [5.41, 5.74) is 1.09. The molecule has 0 aromatic heterocycles. The number of hydrogen-bond acceptors (Lipinski definition) is 2. The molecule has 1 heterocycles. The molecule has 1 saturated heterocycles. The minimum absolute atomic E-state index is 0.120. The molecule has 1 aliphatic rings. The van der Waals surface area contributed by atoms with E-state index >= 15 is 0 Å². The van der Waals surface area contributed by atoms with Gasteiger partial charge in [0.25, 0.3) is 0 Å². The predicted octanol–water partition coefficient (Wildman–Crippen LogP) is 4.86. The van der Waals surface area contributed by atoms with Gasteiger partial charge < -0.3 is 10.1 Å². The van der Waals surface area contributed by atoms with E-state index in [0.717, 1.165) is 50.5 Å². The fraction of sp³-hybridized carbons (Fsp3) is 0.562. The predicted molar refractivity (Wildman–Crippen MR) is 103 cm³/mol. The highest BCUT2D eigenvalue weighted by Crippen LogP contribution is 2.40. The lowest BCUT2D eigenvalue weighted by atomic mass is 10.1. The van der Waals surface area contributed by atoms with Crippen LogP contribution in [0.4, 0.5) is 4.79 Å². The number of quaternary nitrogens is 1. The van der Waals surface area contributed by atoms with Crippen LogP contribution in [0.1, 0.15) is 25.3 Å². The lowest BCUT2D eigenvalue weighted by Crippen LogP contribution is -2.56. The Morgan fingerprint density at radius 1 is 1.35 bits per heavy atom. The lowest BCUT2D eigenvalue weighted by Gasteiger charge is -2.31. The molecule has 7 heteroatoms. The molecule has 0 aliphatic carbocycles. The van der Waals surface area contributed by atoms with Gasteiger partial charge in [0.05, 0.1) is 31.2 Å². The van der Waals surface area contributed by atoms with Crippen LogP contribution in [0.2, 0.25) is 0 Å². The Morgan fingerprint density at radius 3 is 2.61 bits per heavy atom. The van der Waals surface area contributed by atoms with Crippen molar-refractivity contribution in [1.82, 2.24) is 5.32 Å². The lowest BCUT2D eigenvalue weighted by molar-refractivity contribution is -0.840. The van der Waals surface area contributed by atoms with E-state index in [-0.39, 0.29) is 6.03 Å². The van der Waals surface area contributed by atoms with Gasteiger partial charge in [-0.1, -0.05) is 0 Å². The number of nitrogens with zero attached hydrogens (tertiary/aromatic N) is 1. The van der Waals surface area contributed by atoms with E-state index in [0.29, 0.717) is 17.1 Å². The molecule has 1 aromatic carbocycles. The molecular formula is C16H22Br3N2O2+. The number of carbonyl (C=O) groups excluding carboxylic acids is 1. The van der Waals surface area contributed by atoms with Crippen LogP contribution in [-0.4, -0.2) is 43.8 Å². The Hall–Kier alpha value is -0.110. The van der Waals surface area contributed by atoms with Crippen LogP contribution in [-0.2, 0) is 6.42 Å². The van der Waals surface area contributed by atoms with Crippen LogP contribution < -0.4 is 10.1 Å². The van der Waals surface area contributed by atoms with E-state index in [9.17, 15) is 4.79 Å². The second-order valence-corrected chi connectivity index (χ2v) is 8.52. The summed E-state index contributed by atoms with van der Waals surface area (Å²) >= 11 is 10.6. The Bertz CT molecular complexity index is 609. The largest absolute Gasteiger partial charge is 0.496 e. The van der Waals surface area contributed by atoms with Gasteiger partial charge in [-0.05, 0) is 72.8 Å². The molecule has 0 spiro atoms. The van der Waals surface area contributed by atoms with Gasteiger partial charge in [-0.3, -0.25) is 0 Å². The van der Waals surface area contributed by atoms with Crippen LogP contribution in [0.15, 0.2) is 19.5 Å². The van der Waals surface area contributed by atoms with Crippen LogP contribution in [0.3, 0.4) is 0 Å². The molecule has 2 atom stereocenters. The molecule has 4 nitrogen and oxygen atoms in total. The molecule has 2 amide bonds. The highest BCUT2D eigenvalue weighted by atomic mass is 79.9. The van der Waals surface area contributed by atoms with E-state index < -0.39 is 0 Å². The summed E-state index contributed by atoms with van der Waals surface area (Å²) in [6, 6.07) is 2.50. The van der Waals surface area contributed by atoms with E-state index in [1.54, 1.807) is 7.11 Å². The maximum Gasteiger partial charge on any atom is 0.416 e. The smallest absolute Gasteiger partial charge is 0.416 e. The summed E-state index contributed by atoms with van der Waals surface area (Å²) in [4.78, 5) is 12.5. The third-order valence-corrected chi connectivity index (χ3v) is 8.31. The number of urea groups is 1. The third-order valence-electron chi connectivity index (χ3n) is 4.76. The van der Waals surface area contributed by atoms with Crippen molar-refractivity contribution in [1.29, 1.82) is 0 Å². The summed E-state index contributed by atoms with van der Waals surface area (Å²) in [6.07, 6.45) is 2.97. The van der Waals surface area contributed by atoms with Crippen molar-refractivity contribution in [3.63, 3.8) is 0 Å². The van der Waals surface area contributed by atoms with Gasteiger partial charge in [0.1, 0.15) is 5.75 Å². The maximum absolute atomic E-state index is 12.5. The Morgan fingerprint density at radius 2 is 2.04 bits per heavy atom. The average molecular weight is 514 g/mol. The first-order chi connectivity index (χ1) is 10.8. The van der Waals surface area contributed by atoms with Gasteiger partial charge in [0.2, 0.25) is 0 Å². The van der Waals surface area contributed by atoms with E-state index in [1.165, 1.54) is 0 Å². The Balaban J connectivity index is 2.02. The molecular weight excluding hydrogens is 492 g/mol. The number of rotatable bonds is 4. The van der Waals surface area contributed by atoms with Crippen LogP contribution >= 0.6 is 47.8 Å². The van der Waals surface area contributed by atoms with Crippen molar-refractivity contribution in [3.8, 4) is 5.75 Å². The van der Waals surface area contributed by atoms with Crippen molar-refractivity contribution in [2.24, 2.45) is 0 Å². The topological polar surface area (TPSA) is 38.3 Å². The number of likely N-dealkylation sites (tertiary alicyclic amines) is 1. The van der Waals surface area contributed by atoms with Gasteiger partial charge in [0.15, 0.2) is 0 Å². The molecule has 0 radical (unpaired) electrons. The van der Waals surface area contributed by atoms with Crippen molar-refractivity contribution in [2.45, 2.75) is 32.2 Å². The van der Waals surface area contributed by atoms with Gasteiger partial charge in [-0.15, -0.1) is 0 Å². The quantitative estimate of drug-likeness (QED) is 0.461. The van der Waals surface area contributed by atoms with Crippen molar-refractivity contribution in [2.75, 3.05) is 27.2 Å². The first-order valence-electron chi connectivity index (χ1n) is 7.65. The molecule has 2 rings (SSSR count). The maximum atomic E-state index is 12.5. The number of benzene rings is 1. The number of hydrogen-bond donors (Lipinski definition) is 1. The number of halogens is 3. The molecule has 1 N–H and O–H groups in total. The zero-order valence-corrected chi connectivity index (χ0v) is 18.3. The first-order valence-corrected chi connectivity index (χ1v) is 10.0. The summed E-state index contributed by atoms with van der Waals surface area (Å²) in [6.45, 7) is 3.68. The minimum atomic E-state index is 0.120. The van der Waals surface area contributed by atoms with Gasteiger partial charge >= 0.3 is 6.03 Å². The summed E-state index contributed by atoms with van der Waals surface area (Å²) < 4.78 is 8.65. The van der Waals surface area contributed by atoms with Crippen molar-refractivity contribution >= 4 is 53.8 Å². The van der Waals surface area contributed by atoms with Crippen molar-refractivity contribution in [3.05, 3.63) is 25.0 Å². The van der Waals surface area contributed by atoms with Gasteiger partial charge in [-0.25, -0.2) is 9.28 Å². The standard InChI is InChI=1S/C16H21Br3N2O2/c1-10-5-4-8-21(10,2)16(22)20-7-6-11-9-12(23-3)14(18)15(19)13(11)17/h9-10H,4-8H2,1-3H3/p+1/t10-,21?/m1/s1. The number of methoxy groups -OCH3 is 1. The molecule has 1 aliphatic heterocycles. The second kappa shape index (κ2) is 7.85. The summed E-state index contributed by atoms with van der Waals surface area (Å²) in [5.74, 6) is 0.772. The monoisotopic (exact) mass is 511 g/mol. The van der Waals surface area contributed by atoms with Gasteiger partial charge in [0, 0.05) is 28.3 Å². The molecule has 1 unspecified atom stereocenters. The van der Waals surface area contributed by atoms with E-state index in [1.807, 2.05) is 13.1 Å². The Kier molecular flexibility index (Phi) is 6.56. The highest BCUT2D eigenvalue weighted by molar-refractivity contribution is 9.14. The summed E-state index contributed by atoms with van der Waals surface area (Å²) in [5, 5.41) is 3.09. The minimum Gasteiger partial charge on any atom is -0.496 e. The van der Waals surface area contributed by atoms with Crippen molar-refractivity contribution < 1.29 is 14.0 Å². The summed E-state index contributed by atoms with van der Waals surface area (Å²) in [7, 11) is 3.67. The first kappa shape index (κ1) is 19.2. The zero-order valence-electron chi connectivity index (χ0n) is 13.6. The zero-order chi connectivity index (χ0) is 17.2. The Labute approximate surface area is 162 Å². The second-order valence-electron chi connectivity index (χ2n) is 6.14. The van der Waals surface area contributed by atoms with Gasteiger partial charge in [-0.2, -0.15) is 0 Å². The van der Waals surface area contributed by atoms with Crippen LogP contribution in [0, 0.1) is 0 Å². The highest BCUT2D eigenvalue weighted by Gasteiger charge is 2.41. The fourth-order valence-electron chi connectivity index (χ4n) is 2.97. The molecule has 128 valence electrons. The molecule has 23 heavy (non-hydrogen) atoms. The molecule has 0 bridgehead atoms. The molecule has 1 aromatic rings. The molecule has 1 fully saturated rings. The molecule has 0 saturated carbocycles. The SMILES string of the molecule is COc1cc(CCNC(=O)[N+]2(C)CCC[C@H]2C)c(Br)c(Br)c1Br. The van der Waals surface area contributed by atoms with E-state index in [4.69, 9.17) is 4.74 Å². The number of nitrogens with one attached hydrogen (secondary N) is 1. The number of amides is 2. The van der Waals surface area contributed by atoms with E-state index in [2.05, 4.69) is 60.0 Å². The van der Waals surface area contributed by atoms with Crippen LogP contribution in [0.25, 0.3) is 0 Å². The third kappa shape index (κ3) is 3.94. The fourth-order valence-corrected chi connectivity index (χ4v) is 4.67. The normalized spacial score (nSPS) is 23.8.